The fourth-order valence-electron chi connectivity index (χ4n) is 1.55. The molecule has 0 aromatic carbocycles. The van der Waals surface area contributed by atoms with E-state index in [0.29, 0.717) is 5.56 Å². The van der Waals surface area contributed by atoms with Crippen molar-refractivity contribution in [2.24, 2.45) is 0 Å². The summed E-state index contributed by atoms with van der Waals surface area (Å²) in [5.41, 5.74) is 2.30. The summed E-state index contributed by atoms with van der Waals surface area (Å²) in [4.78, 5) is 0. The second-order valence-corrected chi connectivity index (χ2v) is 4.75. The highest BCUT2D eigenvalue weighted by Crippen LogP contribution is 2.25. The maximum absolute atomic E-state index is 9.05. The van der Waals surface area contributed by atoms with E-state index in [4.69, 9.17) is 5.26 Å². The molecule has 0 aliphatic rings. The first kappa shape index (κ1) is 11.0. The van der Waals surface area contributed by atoms with E-state index in [1.807, 2.05) is 26.1 Å². The van der Waals surface area contributed by atoms with E-state index in [0.717, 1.165) is 15.7 Å². The third kappa shape index (κ3) is 1.89. The van der Waals surface area contributed by atoms with E-state index >= 15 is 0 Å². The first-order valence-corrected chi connectivity index (χ1v) is 5.74. The van der Waals surface area contributed by atoms with Crippen LogP contribution in [0.1, 0.15) is 19.4 Å². The zero-order valence-electron chi connectivity index (χ0n) is 9.03. The van der Waals surface area contributed by atoms with Gasteiger partial charge in [0.25, 0.3) is 0 Å². The van der Waals surface area contributed by atoms with E-state index in [-0.39, 0.29) is 6.04 Å². The van der Waals surface area contributed by atoms with Crippen LogP contribution in [-0.4, -0.2) is 15.7 Å². The summed E-state index contributed by atoms with van der Waals surface area (Å²) in [5.74, 6) is 0. The molecular formula is C11H11BrN4. The van der Waals surface area contributed by atoms with Crippen LogP contribution in [0.5, 0.6) is 0 Å². The van der Waals surface area contributed by atoms with Crippen molar-refractivity contribution in [1.82, 2.24) is 9.61 Å². The van der Waals surface area contributed by atoms with Gasteiger partial charge in [-0.1, -0.05) is 0 Å². The van der Waals surface area contributed by atoms with Crippen LogP contribution in [0.4, 0.5) is 5.69 Å². The van der Waals surface area contributed by atoms with Gasteiger partial charge in [0, 0.05) is 16.7 Å². The molecule has 0 atom stereocenters. The predicted molar refractivity (Wildman–Crippen MR) is 66.4 cm³/mol. The Morgan fingerprint density at radius 1 is 1.56 bits per heavy atom. The van der Waals surface area contributed by atoms with Gasteiger partial charge in [0.05, 0.1) is 23.0 Å². The predicted octanol–water partition coefficient (Wildman–Crippen LogP) is 2.79. The van der Waals surface area contributed by atoms with Crippen molar-refractivity contribution in [2.45, 2.75) is 19.9 Å². The van der Waals surface area contributed by atoms with Crippen LogP contribution >= 0.6 is 15.9 Å². The second-order valence-electron chi connectivity index (χ2n) is 3.83. The van der Waals surface area contributed by atoms with Crippen LogP contribution in [0, 0.1) is 11.3 Å². The third-order valence-electron chi connectivity index (χ3n) is 2.16. The number of nitrogens with one attached hydrogen (secondary N) is 1. The minimum atomic E-state index is 0.270. The Balaban J connectivity index is 2.68. The van der Waals surface area contributed by atoms with Gasteiger partial charge in [0.2, 0.25) is 0 Å². The topological polar surface area (TPSA) is 53.1 Å². The number of nitriles is 1. The van der Waals surface area contributed by atoms with Crippen molar-refractivity contribution in [3.05, 3.63) is 28.5 Å². The van der Waals surface area contributed by atoms with Crippen molar-refractivity contribution >= 4 is 27.1 Å². The van der Waals surface area contributed by atoms with Crippen molar-refractivity contribution < 1.29 is 0 Å². The number of aromatic nitrogens is 2. The van der Waals surface area contributed by atoms with E-state index in [1.54, 1.807) is 10.7 Å². The Labute approximate surface area is 102 Å². The molecule has 0 spiro atoms. The molecule has 1 N–H and O–H groups in total. The summed E-state index contributed by atoms with van der Waals surface area (Å²) in [7, 11) is 0. The average molecular weight is 279 g/mol. The largest absolute Gasteiger partial charge is 0.380 e. The smallest absolute Gasteiger partial charge is 0.103 e. The molecule has 2 aromatic rings. The number of nitrogens with zero attached hydrogens (tertiary/aromatic N) is 3. The highest BCUT2D eigenvalue weighted by atomic mass is 79.9. The normalized spacial score (nSPS) is 10.7. The Hall–Kier alpha value is -1.54. The summed E-state index contributed by atoms with van der Waals surface area (Å²) < 4.78 is 2.69. The van der Waals surface area contributed by atoms with E-state index in [1.165, 1.54) is 0 Å². The first-order valence-electron chi connectivity index (χ1n) is 4.95. The summed E-state index contributed by atoms with van der Waals surface area (Å²) in [6.45, 7) is 4.08. The monoisotopic (exact) mass is 278 g/mol. The summed E-state index contributed by atoms with van der Waals surface area (Å²) >= 11 is 3.40. The third-order valence-corrected chi connectivity index (χ3v) is 2.59. The molecule has 2 heterocycles. The molecule has 0 unspecified atom stereocenters. The van der Waals surface area contributed by atoms with E-state index < -0.39 is 0 Å². The minimum absolute atomic E-state index is 0.270. The van der Waals surface area contributed by atoms with Crippen LogP contribution in [0.15, 0.2) is 22.9 Å². The van der Waals surface area contributed by atoms with Gasteiger partial charge >= 0.3 is 0 Å². The average Bonchev–Trinajstić information content (AvgIpc) is 2.59. The van der Waals surface area contributed by atoms with Crippen molar-refractivity contribution in [1.29, 1.82) is 5.26 Å². The number of anilines is 1. The van der Waals surface area contributed by atoms with Crippen LogP contribution in [0.2, 0.25) is 0 Å². The maximum atomic E-state index is 9.05. The fourth-order valence-corrected chi connectivity index (χ4v) is 1.96. The van der Waals surface area contributed by atoms with Crippen LogP contribution in [0.3, 0.4) is 0 Å². The van der Waals surface area contributed by atoms with Gasteiger partial charge in [-0.3, -0.25) is 0 Å². The lowest BCUT2D eigenvalue weighted by Crippen LogP contribution is -2.12. The Bertz CT molecular complexity index is 565. The molecule has 82 valence electrons. The Morgan fingerprint density at radius 2 is 2.31 bits per heavy atom. The van der Waals surface area contributed by atoms with Crippen LogP contribution in [0.25, 0.3) is 5.52 Å². The molecule has 5 heteroatoms. The quantitative estimate of drug-likeness (QED) is 0.919. The van der Waals surface area contributed by atoms with Gasteiger partial charge in [-0.25, -0.2) is 4.52 Å². The molecule has 0 fully saturated rings. The molecule has 2 rings (SSSR count). The number of rotatable bonds is 2. The highest BCUT2D eigenvalue weighted by Gasteiger charge is 2.10. The van der Waals surface area contributed by atoms with Crippen molar-refractivity contribution in [3.8, 4) is 6.07 Å². The number of halogens is 1. The molecule has 2 aromatic heterocycles. The number of hydrogen-bond acceptors (Lipinski definition) is 3. The molecule has 0 aliphatic heterocycles. The Kier molecular flexibility index (Phi) is 2.84. The zero-order valence-corrected chi connectivity index (χ0v) is 10.6. The number of fused-ring (bicyclic) bond motifs is 1. The van der Waals surface area contributed by atoms with Gasteiger partial charge in [-0.2, -0.15) is 10.4 Å². The fraction of sp³-hybridized carbons (Fsp3) is 0.273. The maximum Gasteiger partial charge on any atom is 0.103 e. The van der Waals surface area contributed by atoms with Crippen molar-refractivity contribution in [2.75, 3.05) is 5.32 Å². The molecule has 0 saturated heterocycles. The van der Waals surface area contributed by atoms with Gasteiger partial charge in [0.1, 0.15) is 6.07 Å². The summed E-state index contributed by atoms with van der Waals surface area (Å²) in [6.07, 6.45) is 3.44. The van der Waals surface area contributed by atoms with Crippen LogP contribution < -0.4 is 5.32 Å². The lowest BCUT2D eigenvalue weighted by molar-refractivity contribution is 0.885. The molecule has 16 heavy (non-hydrogen) atoms. The van der Waals surface area contributed by atoms with Crippen LogP contribution in [-0.2, 0) is 0 Å². The molecular weight excluding hydrogens is 268 g/mol. The first-order chi connectivity index (χ1) is 7.61. The Morgan fingerprint density at radius 3 is 2.94 bits per heavy atom. The van der Waals surface area contributed by atoms with Crippen molar-refractivity contribution in [3.63, 3.8) is 0 Å². The standard InChI is InChI=1S/C11H11BrN4/c1-7(2)15-11-8(4-13)5-14-16-6-9(12)3-10(11)16/h3,5-7,15H,1-2H3. The molecule has 0 saturated carbocycles. The summed E-state index contributed by atoms with van der Waals surface area (Å²) in [5, 5.41) is 16.5. The molecule has 0 radical (unpaired) electrons. The lowest BCUT2D eigenvalue weighted by atomic mass is 10.2. The number of hydrogen-bond donors (Lipinski definition) is 1. The highest BCUT2D eigenvalue weighted by molar-refractivity contribution is 9.10. The SMILES string of the molecule is CC(C)Nc1c(C#N)cnn2cc(Br)cc12. The van der Waals surface area contributed by atoms with E-state index in [2.05, 4.69) is 32.4 Å². The molecule has 0 aliphatic carbocycles. The molecule has 4 nitrogen and oxygen atoms in total. The summed E-state index contributed by atoms with van der Waals surface area (Å²) in [6, 6.07) is 4.36. The van der Waals surface area contributed by atoms with Gasteiger partial charge in [-0.15, -0.1) is 0 Å². The lowest BCUT2D eigenvalue weighted by Gasteiger charge is -2.12. The molecule has 0 amide bonds. The van der Waals surface area contributed by atoms with Gasteiger partial charge in [-0.05, 0) is 35.8 Å². The van der Waals surface area contributed by atoms with Gasteiger partial charge < -0.3 is 5.32 Å². The minimum Gasteiger partial charge on any atom is -0.380 e. The molecule has 0 bridgehead atoms. The van der Waals surface area contributed by atoms with E-state index in [9.17, 15) is 0 Å². The second kappa shape index (κ2) is 4.14. The van der Waals surface area contributed by atoms with Gasteiger partial charge in [0.15, 0.2) is 0 Å². The zero-order chi connectivity index (χ0) is 11.7.